The number of benzene rings is 3. The zero-order valence-corrected chi connectivity index (χ0v) is 21.4. The van der Waals surface area contributed by atoms with E-state index in [1.54, 1.807) is 53.3 Å². The van der Waals surface area contributed by atoms with Crippen molar-refractivity contribution in [2.24, 2.45) is 5.10 Å². The molecule has 1 amide bonds. The fourth-order valence-corrected chi connectivity index (χ4v) is 5.04. The summed E-state index contributed by atoms with van der Waals surface area (Å²) >= 11 is 13.6. The Morgan fingerprint density at radius 2 is 1.84 bits per heavy atom. The highest BCUT2D eigenvalue weighted by atomic mass is 35.5. The van der Waals surface area contributed by atoms with Gasteiger partial charge in [0.25, 0.3) is 5.91 Å². The molecule has 0 bridgehead atoms. The molecule has 3 aromatic carbocycles. The molecule has 0 saturated carbocycles. The molecule has 7 nitrogen and oxygen atoms in total. The smallest absolute Gasteiger partial charge is 0.355 e. The molecule has 5 rings (SSSR count). The third-order valence-electron chi connectivity index (χ3n) is 5.30. The molecule has 2 heterocycles. The molecule has 0 aliphatic rings. The Balaban J connectivity index is 1.19. The number of ether oxygens (including phenoxy) is 1. The van der Waals surface area contributed by atoms with Gasteiger partial charge in [-0.15, -0.1) is 11.3 Å². The Morgan fingerprint density at radius 1 is 1.03 bits per heavy atom. The zero-order valence-electron chi connectivity index (χ0n) is 19.1. The standard InChI is InChI=1S/C27H18Cl2N4O3S/c28-19-10-8-17(9-11-19)16-33-13-12-22(32-33)26(34)31-30-15-18-4-3-5-20(14-18)36-27(35)25-24(29)21-6-1-2-7-23(21)37-25/h1-15H,16H2,(H,31,34)/b30-15+. The van der Waals surface area contributed by atoms with Gasteiger partial charge in [-0.3, -0.25) is 9.48 Å². The minimum atomic E-state index is -0.539. The third-order valence-corrected chi connectivity index (χ3v) is 7.21. The van der Waals surface area contributed by atoms with Crippen molar-refractivity contribution in [2.45, 2.75) is 6.54 Å². The van der Waals surface area contributed by atoms with Gasteiger partial charge in [0.05, 0.1) is 17.8 Å². The fraction of sp³-hybridized carbons (Fsp3) is 0.0370. The Kier molecular flexibility index (Phi) is 7.32. The average molecular weight is 549 g/mol. The maximum atomic E-state index is 12.7. The van der Waals surface area contributed by atoms with Crippen molar-refractivity contribution in [1.29, 1.82) is 0 Å². The van der Waals surface area contributed by atoms with Crippen molar-refractivity contribution in [3.63, 3.8) is 0 Å². The summed E-state index contributed by atoms with van der Waals surface area (Å²) in [6, 6.07) is 23.3. The number of amides is 1. The zero-order chi connectivity index (χ0) is 25.8. The molecular weight excluding hydrogens is 531 g/mol. The summed E-state index contributed by atoms with van der Waals surface area (Å²) in [6.45, 7) is 0.506. The molecular formula is C27H18Cl2N4O3S. The van der Waals surface area contributed by atoms with Gasteiger partial charge in [-0.2, -0.15) is 10.2 Å². The first kappa shape index (κ1) is 24.7. The van der Waals surface area contributed by atoms with Crippen LogP contribution in [0.25, 0.3) is 10.1 Å². The molecule has 5 aromatic rings. The predicted octanol–water partition coefficient (Wildman–Crippen LogP) is 6.44. The van der Waals surface area contributed by atoms with Crippen LogP contribution in [0.5, 0.6) is 5.75 Å². The third kappa shape index (κ3) is 5.89. The van der Waals surface area contributed by atoms with Crippen LogP contribution in [0.4, 0.5) is 0 Å². The maximum absolute atomic E-state index is 12.7. The van der Waals surface area contributed by atoms with Crippen molar-refractivity contribution in [1.82, 2.24) is 15.2 Å². The minimum absolute atomic E-state index is 0.231. The first-order chi connectivity index (χ1) is 18.0. The number of nitrogens with zero attached hydrogens (tertiary/aromatic N) is 3. The van der Waals surface area contributed by atoms with Crippen LogP contribution in [0.1, 0.15) is 31.3 Å². The summed E-state index contributed by atoms with van der Waals surface area (Å²) in [6.07, 6.45) is 3.17. The molecule has 0 atom stereocenters. The number of halogens is 2. The van der Waals surface area contributed by atoms with Crippen molar-refractivity contribution in [3.05, 3.63) is 117 Å². The highest BCUT2D eigenvalue weighted by Crippen LogP contribution is 2.35. The summed E-state index contributed by atoms with van der Waals surface area (Å²) in [5.74, 6) is -0.661. The van der Waals surface area contributed by atoms with Crippen LogP contribution in [0.3, 0.4) is 0 Å². The highest BCUT2D eigenvalue weighted by molar-refractivity contribution is 7.21. The number of aromatic nitrogens is 2. The Labute approximate surface area is 225 Å². The SMILES string of the molecule is O=C(N/N=C/c1cccc(OC(=O)c2sc3ccccc3c2Cl)c1)c1ccn(Cc2ccc(Cl)cc2)n1. The highest BCUT2D eigenvalue weighted by Gasteiger charge is 2.19. The monoisotopic (exact) mass is 548 g/mol. The van der Waals surface area contributed by atoms with Gasteiger partial charge in [-0.05, 0) is 47.5 Å². The molecule has 0 radical (unpaired) electrons. The summed E-state index contributed by atoms with van der Waals surface area (Å²) in [7, 11) is 0. The number of thiophene rings is 1. The van der Waals surface area contributed by atoms with E-state index in [0.29, 0.717) is 32.8 Å². The Hall–Kier alpha value is -3.98. The van der Waals surface area contributed by atoms with Crippen LogP contribution in [-0.4, -0.2) is 27.9 Å². The number of carbonyl (C=O) groups is 2. The number of rotatable bonds is 7. The molecule has 1 N–H and O–H groups in total. The fourth-order valence-electron chi connectivity index (χ4n) is 3.53. The second-order valence-corrected chi connectivity index (χ2v) is 9.79. The summed E-state index contributed by atoms with van der Waals surface area (Å²) < 4.78 is 8.09. The molecule has 10 heteroatoms. The number of fused-ring (bicyclic) bond motifs is 1. The first-order valence-electron chi connectivity index (χ1n) is 11.1. The Bertz CT molecular complexity index is 1630. The van der Waals surface area contributed by atoms with E-state index in [9.17, 15) is 9.59 Å². The van der Waals surface area contributed by atoms with Gasteiger partial charge in [0.1, 0.15) is 10.6 Å². The lowest BCUT2D eigenvalue weighted by atomic mass is 10.2. The lowest BCUT2D eigenvalue weighted by Crippen LogP contribution is -2.18. The van der Waals surface area contributed by atoms with Crippen molar-refractivity contribution in [2.75, 3.05) is 0 Å². The average Bonchev–Trinajstić information content (AvgIpc) is 3.50. The summed E-state index contributed by atoms with van der Waals surface area (Å²) in [5.41, 5.74) is 4.32. The Morgan fingerprint density at radius 3 is 2.65 bits per heavy atom. The van der Waals surface area contributed by atoms with E-state index in [2.05, 4.69) is 15.6 Å². The van der Waals surface area contributed by atoms with Gasteiger partial charge in [-0.25, -0.2) is 10.2 Å². The van der Waals surface area contributed by atoms with Crippen molar-refractivity contribution < 1.29 is 14.3 Å². The number of nitrogens with one attached hydrogen (secondary N) is 1. The van der Waals surface area contributed by atoms with Crippen LogP contribution in [0, 0.1) is 0 Å². The molecule has 184 valence electrons. The number of hydrogen-bond donors (Lipinski definition) is 1. The predicted molar refractivity (Wildman–Crippen MR) is 146 cm³/mol. The largest absolute Gasteiger partial charge is 0.422 e. The molecule has 0 fully saturated rings. The van der Waals surface area contributed by atoms with E-state index in [1.165, 1.54) is 17.6 Å². The van der Waals surface area contributed by atoms with Gasteiger partial charge >= 0.3 is 5.97 Å². The normalized spacial score (nSPS) is 11.2. The molecule has 0 saturated heterocycles. The van der Waals surface area contributed by atoms with E-state index in [1.807, 2.05) is 36.4 Å². The van der Waals surface area contributed by atoms with Crippen LogP contribution in [0.15, 0.2) is 90.2 Å². The van der Waals surface area contributed by atoms with Gasteiger partial charge in [0.15, 0.2) is 5.69 Å². The lowest BCUT2D eigenvalue weighted by molar-refractivity contribution is 0.0740. The second-order valence-electron chi connectivity index (χ2n) is 7.93. The number of carbonyl (C=O) groups excluding carboxylic acids is 2. The minimum Gasteiger partial charge on any atom is -0.422 e. The summed E-state index contributed by atoms with van der Waals surface area (Å²) in [5, 5.41) is 10.1. The first-order valence-corrected chi connectivity index (χ1v) is 12.6. The van der Waals surface area contributed by atoms with Crippen LogP contribution >= 0.6 is 34.5 Å². The lowest BCUT2D eigenvalue weighted by Gasteiger charge is -2.04. The van der Waals surface area contributed by atoms with Gasteiger partial charge in [0, 0.05) is 21.3 Å². The second kappa shape index (κ2) is 11.0. The van der Waals surface area contributed by atoms with Gasteiger partial charge in [0.2, 0.25) is 0 Å². The molecule has 0 unspecified atom stereocenters. The molecule has 37 heavy (non-hydrogen) atoms. The molecule has 0 aliphatic carbocycles. The molecule has 2 aromatic heterocycles. The van der Waals surface area contributed by atoms with Crippen LogP contribution in [0.2, 0.25) is 10.0 Å². The maximum Gasteiger partial charge on any atom is 0.355 e. The topological polar surface area (TPSA) is 85.6 Å². The van der Waals surface area contributed by atoms with E-state index >= 15 is 0 Å². The molecule has 0 spiro atoms. The van der Waals surface area contributed by atoms with E-state index < -0.39 is 11.9 Å². The molecule has 0 aliphatic heterocycles. The number of esters is 1. The quantitative estimate of drug-likeness (QED) is 0.110. The van der Waals surface area contributed by atoms with Crippen molar-refractivity contribution >= 4 is 62.7 Å². The van der Waals surface area contributed by atoms with Crippen LogP contribution < -0.4 is 10.2 Å². The van der Waals surface area contributed by atoms with E-state index in [0.717, 1.165) is 15.6 Å². The van der Waals surface area contributed by atoms with Gasteiger partial charge < -0.3 is 4.74 Å². The van der Waals surface area contributed by atoms with Crippen molar-refractivity contribution in [3.8, 4) is 5.75 Å². The van der Waals surface area contributed by atoms with Gasteiger partial charge in [-0.1, -0.05) is 65.7 Å². The number of hydrazone groups is 1. The summed E-state index contributed by atoms with van der Waals surface area (Å²) in [4.78, 5) is 25.5. The number of hydrogen-bond acceptors (Lipinski definition) is 6. The van der Waals surface area contributed by atoms with Crippen LogP contribution in [-0.2, 0) is 6.54 Å². The van der Waals surface area contributed by atoms with E-state index in [-0.39, 0.29) is 5.69 Å². The van der Waals surface area contributed by atoms with E-state index in [4.69, 9.17) is 27.9 Å².